The van der Waals surface area contributed by atoms with Crippen LogP contribution in [0.3, 0.4) is 0 Å². The Kier molecular flexibility index (Phi) is 4.12. The van der Waals surface area contributed by atoms with Crippen LogP contribution in [0.2, 0.25) is 0 Å². The van der Waals surface area contributed by atoms with Gasteiger partial charge in [0.05, 0.1) is 19.0 Å². The number of aromatic amines is 1. The maximum atomic E-state index is 11.3. The third-order valence-electron chi connectivity index (χ3n) is 5.20. The number of likely N-dealkylation sites (tertiary alicyclic amines) is 1. The molecule has 2 N–H and O–H groups in total. The highest BCUT2D eigenvalue weighted by Crippen LogP contribution is 2.34. The first-order chi connectivity index (χ1) is 11.5. The third kappa shape index (κ3) is 3.21. The van der Waals surface area contributed by atoms with E-state index < -0.39 is 10.0 Å². The second-order valence-corrected chi connectivity index (χ2v) is 8.80. The molecule has 2 aliphatic heterocycles. The first-order valence-corrected chi connectivity index (χ1v) is 10.2. The molecule has 24 heavy (non-hydrogen) atoms. The van der Waals surface area contributed by atoms with E-state index in [-0.39, 0.29) is 12.0 Å². The molecule has 2 saturated heterocycles. The molecule has 1 aromatic carbocycles. The van der Waals surface area contributed by atoms with Crippen LogP contribution in [0.5, 0.6) is 0 Å². The van der Waals surface area contributed by atoms with Crippen molar-refractivity contribution in [3.05, 3.63) is 36.0 Å². The lowest BCUT2D eigenvalue weighted by Gasteiger charge is -2.20. The highest BCUT2D eigenvalue weighted by Gasteiger charge is 2.43. The van der Waals surface area contributed by atoms with Crippen molar-refractivity contribution in [3.63, 3.8) is 0 Å². The molecule has 2 aliphatic rings. The number of H-pyrrole nitrogens is 1. The second-order valence-electron chi connectivity index (χ2n) is 6.97. The molecule has 3 atom stereocenters. The molecule has 0 radical (unpaired) electrons. The summed E-state index contributed by atoms with van der Waals surface area (Å²) in [5, 5.41) is 1.27. The third-order valence-corrected chi connectivity index (χ3v) is 5.89. The summed E-state index contributed by atoms with van der Waals surface area (Å²) in [6.07, 6.45) is 3.41. The molecule has 2 fully saturated rings. The number of nitrogens with zero attached hydrogens (tertiary/aromatic N) is 1. The van der Waals surface area contributed by atoms with Crippen LogP contribution in [0.15, 0.2) is 30.5 Å². The van der Waals surface area contributed by atoms with Crippen LogP contribution in [0.25, 0.3) is 10.9 Å². The van der Waals surface area contributed by atoms with E-state index in [0.29, 0.717) is 19.1 Å². The Balaban J connectivity index is 1.42. The van der Waals surface area contributed by atoms with Crippen molar-refractivity contribution in [2.24, 2.45) is 11.8 Å². The second kappa shape index (κ2) is 6.15. The van der Waals surface area contributed by atoms with Gasteiger partial charge in [-0.05, 0) is 17.7 Å². The highest BCUT2D eigenvalue weighted by molar-refractivity contribution is 7.88. The molecule has 0 spiro atoms. The Morgan fingerprint density at radius 2 is 2.21 bits per heavy atom. The SMILES string of the molecule is CS(=O)(=O)NC[C@H]1CO[C@@H]2CN(Cc3cccc4[nH]ccc34)C[C@H]12. The van der Waals surface area contributed by atoms with Gasteiger partial charge in [-0.1, -0.05) is 12.1 Å². The van der Waals surface area contributed by atoms with E-state index in [1.165, 1.54) is 22.7 Å². The van der Waals surface area contributed by atoms with E-state index in [0.717, 1.165) is 19.6 Å². The minimum Gasteiger partial charge on any atom is -0.376 e. The first kappa shape index (κ1) is 16.1. The fraction of sp³-hybridized carbons (Fsp3) is 0.529. The van der Waals surface area contributed by atoms with Gasteiger partial charge in [0, 0.05) is 55.1 Å². The van der Waals surface area contributed by atoms with Gasteiger partial charge >= 0.3 is 0 Å². The largest absolute Gasteiger partial charge is 0.376 e. The van der Waals surface area contributed by atoms with Gasteiger partial charge in [-0.15, -0.1) is 0 Å². The molecule has 3 heterocycles. The van der Waals surface area contributed by atoms with Gasteiger partial charge in [-0.2, -0.15) is 0 Å². The number of fused-ring (bicyclic) bond motifs is 2. The molecule has 7 heteroatoms. The van der Waals surface area contributed by atoms with Gasteiger partial charge < -0.3 is 9.72 Å². The molecule has 0 saturated carbocycles. The van der Waals surface area contributed by atoms with Crippen molar-refractivity contribution >= 4 is 20.9 Å². The zero-order valence-electron chi connectivity index (χ0n) is 13.7. The average molecular weight is 349 g/mol. The number of aromatic nitrogens is 1. The lowest BCUT2D eigenvalue weighted by atomic mass is 9.93. The number of sulfonamides is 1. The summed E-state index contributed by atoms with van der Waals surface area (Å²) in [5.74, 6) is 0.669. The maximum absolute atomic E-state index is 11.3. The van der Waals surface area contributed by atoms with Crippen molar-refractivity contribution in [2.45, 2.75) is 12.6 Å². The number of rotatable bonds is 5. The monoisotopic (exact) mass is 349 g/mol. The molecule has 2 aromatic rings. The number of nitrogens with one attached hydrogen (secondary N) is 2. The van der Waals surface area contributed by atoms with E-state index in [2.05, 4.69) is 38.9 Å². The minimum atomic E-state index is -3.14. The molecule has 4 rings (SSSR count). The molecular weight excluding hydrogens is 326 g/mol. The Morgan fingerprint density at radius 3 is 3.04 bits per heavy atom. The fourth-order valence-corrected chi connectivity index (χ4v) is 4.52. The Bertz CT molecular complexity index is 832. The van der Waals surface area contributed by atoms with Gasteiger partial charge in [0.1, 0.15) is 0 Å². The Hall–Kier alpha value is -1.41. The predicted molar refractivity (Wildman–Crippen MR) is 93.1 cm³/mol. The van der Waals surface area contributed by atoms with Crippen molar-refractivity contribution in [3.8, 4) is 0 Å². The molecule has 0 amide bonds. The van der Waals surface area contributed by atoms with Crippen LogP contribution < -0.4 is 4.72 Å². The van der Waals surface area contributed by atoms with Gasteiger partial charge in [-0.3, -0.25) is 4.90 Å². The van der Waals surface area contributed by atoms with Gasteiger partial charge in [-0.25, -0.2) is 13.1 Å². The van der Waals surface area contributed by atoms with Gasteiger partial charge in [0.25, 0.3) is 0 Å². The van der Waals surface area contributed by atoms with E-state index in [9.17, 15) is 8.42 Å². The zero-order chi connectivity index (χ0) is 16.7. The number of hydrogen-bond acceptors (Lipinski definition) is 4. The van der Waals surface area contributed by atoms with E-state index in [1.807, 2.05) is 6.20 Å². The predicted octanol–water partition coefficient (Wildman–Crippen LogP) is 1.16. The summed E-state index contributed by atoms with van der Waals surface area (Å²) in [6, 6.07) is 8.47. The molecule has 130 valence electrons. The van der Waals surface area contributed by atoms with Crippen molar-refractivity contribution in [1.82, 2.24) is 14.6 Å². The van der Waals surface area contributed by atoms with E-state index >= 15 is 0 Å². The highest BCUT2D eigenvalue weighted by atomic mass is 32.2. The molecule has 1 aromatic heterocycles. The molecule has 0 bridgehead atoms. The van der Waals surface area contributed by atoms with E-state index in [4.69, 9.17) is 4.74 Å². The summed E-state index contributed by atoms with van der Waals surface area (Å²) in [7, 11) is -3.14. The topological polar surface area (TPSA) is 74.4 Å². The van der Waals surface area contributed by atoms with Gasteiger partial charge in [0.15, 0.2) is 0 Å². The van der Waals surface area contributed by atoms with Crippen LogP contribution >= 0.6 is 0 Å². The number of hydrogen-bond donors (Lipinski definition) is 2. The lowest BCUT2D eigenvalue weighted by Crippen LogP contribution is -2.33. The molecule has 0 aliphatic carbocycles. The van der Waals surface area contributed by atoms with Gasteiger partial charge in [0.2, 0.25) is 10.0 Å². The smallest absolute Gasteiger partial charge is 0.208 e. The zero-order valence-corrected chi connectivity index (χ0v) is 14.6. The van der Waals surface area contributed by atoms with E-state index in [1.54, 1.807) is 0 Å². The summed E-state index contributed by atoms with van der Waals surface area (Å²) >= 11 is 0. The average Bonchev–Trinajstić information content (AvgIpc) is 3.19. The normalized spacial score (nSPS) is 27.8. The summed E-state index contributed by atoms with van der Waals surface area (Å²) in [6.45, 7) is 3.90. The number of ether oxygens (including phenoxy) is 1. The lowest BCUT2D eigenvalue weighted by molar-refractivity contribution is 0.0943. The van der Waals surface area contributed by atoms with Crippen molar-refractivity contribution in [2.75, 3.05) is 32.5 Å². The van der Waals surface area contributed by atoms with Crippen LogP contribution in [0.1, 0.15) is 5.56 Å². The number of benzene rings is 1. The van der Waals surface area contributed by atoms with Crippen LogP contribution in [0.4, 0.5) is 0 Å². The van der Waals surface area contributed by atoms with Crippen LogP contribution in [-0.4, -0.2) is 56.9 Å². The van der Waals surface area contributed by atoms with Crippen molar-refractivity contribution in [1.29, 1.82) is 0 Å². The van der Waals surface area contributed by atoms with Crippen LogP contribution in [-0.2, 0) is 21.3 Å². The fourth-order valence-electron chi connectivity index (χ4n) is 4.01. The molecule has 6 nitrogen and oxygen atoms in total. The maximum Gasteiger partial charge on any atom is 0.208 e. The Morgan fingerprint density at radius 1 is 1.33 bits per heavy atom. The quantitative estimate of drug-likeness (QED) is 0.850. The van der Waals surface area contributed by atoms with Crippen LogP contribution in [0, 0.1) is 11.8 Å². The van der Waals surface area contributed by atoms with Crippen molar-refractivity contribution < 1.29 is 13.2 Å². The minimum absolute atomic E-state index is 0.224. The first-order valence-electron chi connectivity index (χ1n) is 8.33. The summed E-state index contributed by atoms with van der Waals surface area (Å²) in [5.41, 5.74) is 2.48. The molecule has 0 unspecified atom stereocenters. The Labute approximate surface area is 142 Å². The molecular formula is C17H23N3O3S. The summed E-state index contributed by atoms with van der Waals surface area (Å²) in [4.78, 5) is 5.67. The summed E-state index contributed by atoms with van der Waals surface area (Å²) < 4.78 is 31.2. The standard InChI is InChI=1S/C17H23N3O3S/c1-24(21,22)19-7-13-11-23-17-10-20(9-15(13)17)8-12-3-2-4-16-14(12)5-6-18-16/h2-6,13,15,17-19H,7-11H2,1H3/t13-,15+,17+/m0/s1.